The summed E-state index contributed by atoms with van der Waals surface area (Å²) in [5.41, 5.74) is 0. The summed E-state index contributed by atoms with van der Waals surface area (Å²) in [4.78, 5) is 39.0. The topological polar surface area (TPSA) is 116 Å². The molecule has 0 aliphatic carbocycles. The van der Waals surface area contributed by atoms with Gasteiger partial charge in [0.25, 0.3) is 0 Å². The zero-order chi connectivity index (χ0) is 24.0. The van der Waals surface area contributed by atoms with Gasteiger partial charge in [0.15, 0.2) is 0 Å². The first-order chi connectivity index (χ1) is 12.9. The van der Waals surface area contributed by atoms with E-state index in [-0.39, 0.29) is 75.4 Å². The lowest BCUT2D eigenvalue weighted by molar-refractivity contribution is -0.119. The maximum Gasteiger partial charge on any atom is 0.216 e. The third-order valence-corrected chi connectivity index (χ3v) is 2.41. The van der Waals surface area contributed by atoms with Crippen LogP contribution >= 0.6 is 0 Å². The van der Waals surface area contributed by atoms with Crippen LogP contribution in [-0.4, -0.2) is 64.7 Å². The lowest BCUT2D eigenvalue weighted by Gasteiger charge is -1.80. The molecule has 35 heavy (non-hydrogen) atoms. The average Bonchev–Trinajstić information content (AvgIpc) is 2.69. The highest BCUT2D eigenvalue weighted by Gasteiger charge is 1.77. The highest BCUT2D eigenvalue weighted by atomic mass is 16.2. The fraction of sp³-hybridized carbons (Fsp3) is 0.852. The maximum atomic E-state index is 9.81. The summed E-state index contributed by atoms with van der Waals surface area (Å²) in [5.74, 6) is 0.519. The molecule has 0 aliphatic rings. The van der Waals surface area contributed by atoms with Crippen molar-refractivity contribution in [3.8, 4) is 0 Å². The van der Waals surface area contributed by atoms with Crippen molar-refractivity contribution in [3.63, 3.8) is 0 Å². The molecule has 0 bridgehead atoms. The van der Waals surface area contributed by atoms with Gasteiger partial charge in [-0.05, 0) is 41.0 Å². The molecule has 0 heterocycles. The van der Waals surface area contributed by atoms with Gasteiger partial charge in [0.05, 0.1) is 0 Å². The number of carbonyl (C=O) groups is 4. The maximum absolute atomic E-state index is 9.81. The molecule has 4 N–H and O–H groups in total. The SMILES string of the molecule is C.C.C.C.C.C.C.CCC(C)=O.CCC(C)=O.CCNC.CCNC.CNC(C)=O.CNC(C)=O. The van der Waals surface area contributed by atoms with Gasteiger partial charge >= 0.3 is 0 Å². The van der Waals surface area contributed by atoms with Crippen molar-refractivity contribution in [2.45, 2.75) is 120 Å². The van der Waals surface area contributed by atoms with E-state index in [1.165, 1.54) is 13.8 Å². The van der Waals surface area contributed by atoms with E-state index in [0.717, 1.165) is 13.1 Å². The van der Waals surface area contributed by atoms with E-state index in [2.05, 4.69) is 35.1 Å². The molecule has 0 unspecified atom stereocenters. The standard InChI is InChI=1S/2C4H8O.2C3H7NO.2C3H9N.7CH4/c2*1-3-4(2)5;2*1-3(5)4-2;2*1-3-4-2;;;;;;;/h2*3H2,1-2H3;2*1-2H3,(H,4,5);2*4H,3H2,1-2H3;7*1H4. The van der Waals surface area contributed by atoms with Crippen LogP contribution in [0.3, 0.4) is 0 Å². The Labute approximate surface area is 225 Å². The van der Waals surface area contributed by atoms with Crippen LogP contribution in [0.15, 0.2) is 0 Å². The molecule has 0 aliphatic heterocycles. The molecular weight excluding hydrogens is 444 g/mol. The highest BCUT2D eigenvalue weighted by molar-refractivity contribution is 5.75. The first kappa shape index (κ1) is 84.4. The molecule has 8 nitrogen and oxygen atoms in total. The molecule has 0 saturated heterocycles. The van der Waals surface area contributed by atoms with E-state index >= 15 is 0 Å². The van der Waals surface area contributed by atoms with E-state index in [4.69, 9.17) is 0 Å². The Morgan fingerprint density at radius 2 is 0.543 bits per heavy atom. The minimum atomic E-state index is 0. The van der Waals surface area contributed by atoms with Crippen molar-refractivity contribution in [1.29, 1.82) is 0 Å². The van der Waals surface area contributed by atoms with E-state index in [0.29, 0.717) is 12.8 Å². The van der Waals surface area contributed by atoms with Crippen molar-refractivity contribution in [3.05, 3.63) is 0 Å². The van der Waals surface area contributed by atoms with Crippen molar-refractivity contribution >= 4 is 23.4 Å². The van der Waals surface area contributed by atoms with Crippen molar-refractivity contribution in [1.82, 2.24) is 21.3 Å². The quantitative estimate of drug-likeness (QED) is 0.342. The van der Waals surface area contributed by atoms with Crippen molar-refractivity contribution in [2.24, 2.45) is 0 Å². The largest absolute Gasteiger partial charge is 0.359 e. The van der Waals surface area contributed by atoms with Crippen LogP contribution in [0.2, 0.25) is 0 Å². The zero-order valence-corrected chi connectivity index (χ0v) is 20.5. The smallest absolute Gasteiger partial charge is 0.216 e. The number of carbonyl (C=O) groups excluding carboxylic acids is 4. The molecule has 0 atom stereocenters. The molecule has 0 aromatic carbocycles. The molecule has 8 heteroatoms. The van der Waals surface area contributed by atoms with Gasteiger partial charge in [-0.15, -0.1) is 0 Å². The minimum absolute atomic E-state index is 0. The summed E-state index contributed by atoms with van der Waals surface area (Å²) in [6, 6.07) is 0. The normalized spacial score (nSPS) is 5.83. The third-order valence-electron chi connectivity index (χ3n) is 2.41. The number of ketones is 2. The Bertz CT molecular complexity index is 275. The molecule has 228 valence electrons. The third kappa shape index (κ3) is 437. The van der Waals surface area contributed by atoms with Crippen molar-refractivity contribution < 1.29 is 19.2 Å². The van der Waals surface area contributed by atoms with Gasteiger partial charge in [-0.25, -0.2) is 0 Å². The molecule has 0 rings (SSSR count). The second-order valence-electron chi connectivity index (χ2n) is 5.14. The van der Waals surface area contributed by atoms with Crippen LogP contribution in [0.4, 0.5) is 0 Å². The number of nitrogens with one attached hydrogen (secondary N) is 4. The van der Waals surface area contributed by atoms with Crippen LogP contribution in [0.1, 0.15) is 120 Å². The Hall–Kier alpha value is -1.80. The minimum Gasteiger partial charge on any atom is -0.359 e. The lowest BCUT2D eigenvalue weighted by Crippen LogP contribution is -2.11. The second-order valence-corrected chi connectivity index (χ2v) is 5.14. The average molecular weight is 521 g/mol. The number of amides is 2. The number of rotatable bonds is 4. The van der Waals surface area contributed by atoms with Gasteiger partial charge in [-0.1, -0.05) is 79.7 Å². The van der Waals surface area contributed by atoms with E-state index in [1.54, 1.807) is 27.9 Å². The summed E-state index contributed by atoms with van der Waals surface area (Å²) in [6.07, 6.45) is 1.33. The second kappa shape index (κ2) is 94.6. The molecule has 0 aromatic rings. The first-order valence-electron chi connectivity index (χ1n) is 9.56. The Morgan fingerprint density at radius 3 is 0.543 bits per heavy atom. The Morgan fingerprint density at radius 1 is 0.457 bits per heavy atom. The van der Waals surface area contributed by atoms with E-state index in [9.17, 15) is 19.2 Å². The molecule has 0 saturated carbocycles. The van der Waals surface area contributed by atoms with Crippen LogP contribution in [-0.2, 0) is 19.2 Å². The summed E-state index contributed by atoms with van der Waals surface area (Å²) in [7, 11) is 7.06. The first-order valence-corrected chi connectivity index (χ1v) is 9.56. The fourth-order valence-electron chi connectivity index (χ4n) is 0. The van der Waals surface area contributed by atoms with Crippen LogP contribution in [0.5, 0.6) is 0 Å². The van der Waals surface area contributed by atoms with Gasteiger partial charge in [-0.2, -0.15) is 0 Å². The Kier molecular flexibility index (Phi) is 228. The number of hydrogen-bond acceptors (Lipinski definition) is 6. The Balaban J connectivity index is -0.0000000145. The molecule has 0 fully saturated rings. The lowest BCUT2D eigenvalue weighted by atomic mass is 10.4. The number of hydrogen-bond donors (Lipinski definition) is 4. The summed E-state index contributed by atoms with van der Waals surface area (Å²) in [6.45, 7) is 16.1. The molecule has 0 radical (unpaired) electrons. The van der Waals surface area contributed by atoms with Crippen molar-refractivity contribution in [2.75, 3.05) is 41.3 Å². The van der Waals surface area contributed by atoms with Gasteiger partial charge in [-0.3, -0.25) is 9.59 Å². The summed E-state index contributed by atoms with van der Waals surface area (Å²) >= 11 is 0. The monoisotopic (exact) mass is 521 g/mol. The summed E-state index contributed by atoms with van der Waals surface area (Å²) < 4.78 is 0. The van der Waals surface area contributed by atoms with Gasteiger partial charge in [0.1, 0.15) is 11.6 Å². The predicted octanol–water partition coefficient (Wildman–Crippen LogP) is 6.38. The predicted molar refractivity (Wildman–Crippen MR) is 168 cm³/mol. The highest BCUT2D eigenvalue weighted by Crippen LogP contribution is 1.72. The molecule has 2 amide bonds. The zero-order valence-electron chi connectivity index (χ0n) is 20.5. The van der Waals surface area contributed by atoms with E-state index < -0.39 is 0 Å². The van der Waals surface area contributed by atoms with Gasteiger partial charge in [0.2, 0.25) is 11.8 Å². The van der Waals surface area contributed by atoms with Gasteiger partial charge < -0.3 is 30.9 Å². The van der Waals surface area contributed by atoms with E-state index in [1.807, 2.05) is 27.9 Å². The molecule has 0 spiro atoms. The van der Waals surface area contributed by atoms with Gasteiger partial charge in [0, 0.05) is 40.8 Å². The fourth-order valence-corrected chi connectivity index (χ4v) is 0. The molecular formula is C27H76N4O4. The van der Waals surface area contributed by atoms with Crippen LogP contribution in [0, 0.1) is 0 Å². The molecule has 0 aromatic heterocycles. The summed E-state index contributed by atoms with van der Waals surface area (Å²) in [5, 5.41) is 10.6. The van der Waals surface area contributed by atoms with Crippen LogP contribution < -0.4 is 21.3 Å². The number of Topliss-reactive ketones (excluding diaryl/α,β-unsaturated/α-hetero) is 2. The van der Waals surface area contributed by atoms with Crippen LogP contribution in [0.25, 0.3) is 0 Å².